The first-order valence-corrected chi connectivity index (χ1v) is 15.4. The van der Waals surface area contributed by atoms with Crippen LogP contribution in [-0.4, -0.2) is 69.4 Å². The first-order valence-electron chi connectivity index (χ1n) is 13.9. The average molecular weight is 548 g/mol. The average Bonchev–Trinajstić information content (AvgIpc) is 3.64. The van der Waals surface area contributed by atoms with Gasteiger partial charge in [-0.3, -0.25) is 5.10 Å². The van der Waals surface area contributed by atoms with Gasteiger partial charge in [-0.1, -0.05) is 6.07 Å². The van der Waals surface area contributed by atoms with Gasteiger partial charge in [0.15, 0.2) is 5.82 Å². The summed E-state index contributed by atoms with van der Waals surface area (Å²) >= 11 is 0. The first kappa shape index (κ1) is 24.7. The number of nitrogens with zero attached hydrogens (tertiary/aromatic N) is 5. The fraction of sp³-hybridized carbons (Fsp3) is 0.556. The van der Waals surface area contributed by atoms with E-state index in [-0.39, 0.29) is 29.3 Å². The molecule has 1 saturated carbocycles. The summed E-state index contributed by atoms with van der Waals surface area (Å²) < 4.78 is 27.8. The number of hydrogen-bond acceptors (Lipinski definition) is 9. The third-order valence-electron chi connectivity index (χ3n) is 8.57. The van der Waals surface area contributed by atoms with E-state index in [1.165, 1.54) is 22.7 Å². The highest BCUT2D eigenvalue weighted by molar-refractivity contribution is 7.89. The summed E-state index contributed by atoms with van der Waals surface area (Å²) in [5, 5.41) is 27.5. The van der Waals surface area contributed by atoms with E-state index in [2.05, 4.69) is 50.4 Å². The van der Waals surface area contributed by atoms with Gasteiger partial charge in [0.05, 0.1) is 22.8 Å². The predicted molar refractivity (Wildman–Crippen MR) is 148 cm³/mol. The van der Waals surface area contributed by atoms with Crippen LogP contribution >= 0.6 is 0 Å². The van der Waals surface area contributed by atoms with Gasteiger partial charge in [-0.05, 0) is 69.1 Å². The lowest BCUT2D eigenvalue weighted by Crippen LogP contribution is -2.60. The lowest BCUT2D eigenvalue weighted by atomic mass is 9.84. The number of nitrogens with one attached hydrogen (secondary N) is 4. The molecule has 4 fully saturated rings. The van der Waals surface area contributed by atoms with Gasteiger partial charge in [0, 0.05) is 48.4 Å². The Morgan fingerprint density at radius 2 is 1.85 bits per heavy atom. The van der Waals surface area contributed by atoms with Gasteiger partial charge in [-0.2, -0.15) is 19.6 Å². The standard InChI is InChI=1S/C27H33N9O2S/c1-15-6-25(35-34-15)32-26-23-5-4-18(17-2-3-17)7-24(23)31-27(33-26)30-19-8-20-10-22(11-21(9-19)29-20)39(37,38)36-13-16(12-28)14-36/h4-7,16-17,19-22,29H,2-3,8-11,13-14H2,1H3,(H3,30,31,32,33,34,35)/t19?,20-,21+,22?. The van der Waals surface area contributed by atoms with E-state index in [4.69, 9.17) is 15.2 Å². The smallest absolute Gasteiger partial charge is 0.225 e. The second kappa shape index (κ2) is 9.43. The zero-order valence-corrected chi connectivity index (χ0v) is 22.7. The van der Waals surface area contributed by atoms with Crippen LogP contribution in [0.25, 0.3) is 10.9 Å². The zero-order chi connectivity index (χ0) is 26.7. The molecule has 4 N–H and O–H groups in total. The van der Waals surface area contributed by atoms with Gasteiger partial charge in [0.2, 0.25) is 16.0 Å². The molecule has 0 amide bonds. The largest absolute Gasteiger partial charge is 0.351 e. The lowest BCUT2D eigenvalue weighted by Gasteiger charge is -2.45. The van der Waals surface area contributed by atoms with Crippen LogP contribution in [-0.2, 0) is 10.0 Å². The number of piperidine rings is 2. The molecule has 4 atom stereocenters. The Hall–Kier alpha value is -3.27. The molecule has 2 bridgehead atoms. The van der Waals surface area contributed by atoms with Gasteiger partial charge in [0.1, 0.15) is 5.82 Å². The quantitative estimate of drug-likeness (QED) is 0.350. The van der Waals surface area contributed by atoms with Crippen LogP contribution < -0.4 is 16.0 Å². The van der Waals surface area contributed by atoms with Crippen molar-refractivity contribution in [3.05, 3.63) is 35.5 Å². The Balaban J connectivity index is 1.10. The molecular formula is C27H33N9O2S. The van der Waals surface area contributed by atoms with Crippen LogP contribution in [0.15, 0.2) is 24.3 Å². The first-order chi connectivity index (χ1) is 18.8. The summed E-state index contributed by atoms with van der Waals surface area (Å²) in [6.07, 6.45) is 5.22. The van der Waals surface area contributed by atoms with E-state index in [9.17, 15) is 8.42 Å². The maximum absolute atomic E-state index is 13.2. The minimum Gasteiger partial charge on any atom is -0.351 e. The monoisotopic (exact) mass is 547 g/mol. The number of aromatic nitrogens is 4. The lowest BCUT2D eigenvalue weighted by molar-refractivity contribution is 0.211. The van der Waals surface area contributed by atoms with Crippen molar-refractivity contribution in [2.75, 3.05) is 23.7 Å². The van der Waals surface area contributed by atoms with Crippen LogP contribution in [0.3, 0.4) is 0 Å². The minimum absolute atomic E-state index is 0.106. The van der Waals surface area contributed by atoms with Crippen molar-refractivity contribution in [1.82, 2.24) is 29.8 Å². The summed E-state index contributed by atoms with van der Waals surface area (Å²) in [5.41, 5.74) is 3.18. The van der Waals surface area contributed by atoms with Crippen molar-refractivity contribution in [2.45, 2.75) is 74.7 Å². The van der Waals surface area contributed by atoms with Crippen LogP contribution in [0.2, 0.25) is 0 Å². The molecule has 2 aromatic heterocycles. The van der Waals surface area contributed by atoms with Gasteiger partial charge in [-0.15, -0.1) is 0 Å². The molecule has 11 nitrogen and oxygen atoms in total. The molecule has 4 aliphatic rings. The molecular weight excluding hydrogens is 514 g/mol. The zero-order valence-electron chi connectivity index (χ0n) is 21.9. The summed E-state index contributed by atoms with van der Waals surface area (Å²) in [4.78, 5) is 9.77. The van der Waals surface area contributed by atoms with Crippen LogP contribution in [0.1, 0.15) is 55.7 Å². The molecule has 3 aromatic rings. The number of hydrogen-bond donors (Lipinski definition) is 4. The maximum atomic E-state index is 13.2. The normalized spacial score (nSPS) is 27.6. The Morgan fingerprint density at radius 3 is 2.51 bits per heavy atom. The van der Waals surface area contributed by atoms with E-state index in [1.54, 1.807) is 0 Å². The van der Waals surface area contributed by atoms with Crippen LogP contribution in [0.5, 0.6) is 0 Å². The third kappa shape index (κ3) is 4.83. The van der Waals surface area contributed by atoms with Crippen LogP contribution in [0.4, 0.5) is 17.6 Å². The molecule has 0 spiro atoms. The number of benzene rings is 1. The highest BCUT2D eigenvalue weighted by Gasteiger charge is 2.46. The highest BCUT2D eigenvalue weighted by atomic mass is 32.2. The summed E-state index contributed by atoms with van der Waals surface area (Å²) in [5.74, 6) is 2.44. The summed E-state index contributed by atoms with van der Waals surface area (Å²) in [6, 6.07) is 10.9. The summed E-state index contributed by atoms with van der Waals surface area (Å²) in [6.45, 7) is 2.62. The fourth-order valence-corrected chi connectivity index (χ4v) is 8.52. The number of aromatic amines is 1. The molecule has 2 unspecified atom stereocenters. The molecule has 39 heavy (non-hydrogen) atoms. The maximum Gasteiger partial charge on any atom is 0.225 e. The van der Waals surface area contributed by atoms with Crippen molar-refractivity contribution in [3.8, 4) is 6.07 Å². The molecule has 3 saturated heterocycles. The molecule has 12 heteroatoms. The SMILES string of the molecule is Cc1cc(Nc2nc(NC3C[C@@H]4CC(S(=O)(=O)N5CC(C#N)C5)C[C@H](C3)N4)nc3cc(C4CC4)ccc23)n[nH]1. The third-order valence-corrected chi connectivity index (χ3v) is 10.8. The van der Waals surface area contributed by atoms with Gasteiger partial charge in [0.25, 0.3) is 0 Å². The second-order valence-corrected chi connectivity index (χ2v) is 13.9. The Bertz CT molecular complexity index is 1540. The van der Waals surface area contributed by atoms with E-state index in [0.29, 0.717) is 49.4 Å². The van der Waals surface area contributed by atoms with E-state index in [1.807, 2.05) is 13.0 Å². The molecule has 204 valence electrons. The van der Waals surface area contributed by atoms with E-state index < -0.39 is 10.0 Å². The number of aryl methyl sites for hydroxylation is 1. The van der Waals surface area contributed by atoms with Gasteiger partial charge in [-0.25, -0.2) is 13.4 Å². The summed E-state index contributed by atoms with van der Waals surface area (Å²) in [7, 11) is -3.37. The molecule has 0 radical (unpaired) electrons. The number of nitriles is 1. The Kier molecular flexibility index (Phi) is 5.98. The van der Waals surface area contributed by atoms with Crippen molar-refractivity contribution in [2.24, 2.45) is 5.92 Å². The number of sulfonamides is 1. The van der Waals surface area contributed by atoms with Crippen molar-refractivity contribution in [1.29, 1.82) is 5.26 Å². The van der Waals surface area contributed by atoms with Crippen molar-refractivity contribution >= 4 is 38.5 Å². The van der Waals surface area contributed by atoms with Crippen molar-refractivity contribution < 1.29 is 8.42 Å². The number of anilines is 3. The Labute approximate surface area is 227 Å². The minimum atomic E-state index is -3.37. The molecule has 7 rings (SSSR count). The van der Waals surface area contributed by atoms with E-state index in [0.717, 1.165) is 29.4 Å². The molecule has 3 aliphatic heterocycles. The molecule has 1 aromatic carbocycles. The highest BCUT2D eigenvalue weighted by Crippen LogP contribution is 2.41. The molecule has 1 aliphatic carbocycles. The predicted octanol–water partition coefficient (Wildman–Crippen LogP) is 3.13. The number of rotatable bonds is 7. The van der Waals surface area contributed by atoms with Crippen LogP contribution in [0, 0.1) is 24.2 Å². The Morgan fingerprint density at radius 1 is 1.08 bits per heavy atom. The van der Waals surface area contributed by atoms with E-state index >= 15 is 0 Å². The fourth-order valence-electron chi connectivity index (χ4n) is 6.37. The van der Waals surface area contributed by atoms with Crippen molar-refractivity contribution in [3.63, 3.8) is 0 Å². The second-order valence-electron chi connectivity index (χ2n) is 11.7. The number of fused-ring (bicyclic) bond motifs is 3. The topological polar surface area (TPSA) is 152 Å². The number of H-pyrrole nitrogens is 1. The van der Waals surface area contributed by atoms with Gasteiger partial charge >= 0.3 is 0 Å². The van der Waals surface area contributed by atoms with Gasteiger partial charge < -0.3 is 16.0 Å². The molecule has 5 heterocycles.